The largest absolute Gasteiger partial charge is 0.447 e. The highest BCUT2D eigenvalue weighted by Gasteiger charge is 2.19. The maximum Gasteiger partial charge on any atom is 0.408 e. The van der Waals surface area contributed by atoms with Gasteiger partial charge in [-0.3, -0.25) is 0 Å². The van der Waals surface area contributed by atoms with Crippen LogP contribution in [0.5, 0.6) is 0 Å². The van der Waals surface area contributed by atoms with Crippen molar-refractivity contribution in [3.05, 3.63) is 65.7 Å². The van der Waals surface area contributed by atoms with Crippen molar-refractivity contribution in [3.8, 4) is 0 Å². The Morgan fingerprint density at radius 3 is 2.25 bits per heavy atom. The molecule has 0 fully saturated rings. The molecule has 0 aromatic heterocycles. The van der Waals surface area contributed by atoms with Gasteiger partial charge in [-0.2, -0.15) is 0 Å². The van der Waals surface area contributed by atoms with Crippen LogP contribution in [0.15, 0.2) is 59.5 Å². The first-order valence-electron chi connectivity index (χ1n) is 8.54. The molecule has 0 saturated heterocycles. The Bertz CT molecular complexity index is 898. The molecule has 0 saturated carbocycles. The van der Waals surface area contributed by atoms with Crippen molar-refractivity contribution in [1.29, 1.82) is 0 Å². The Morgan fingerprint density at radius 2 is 1.68 bits per heavy atom. The number of ether oxygens (including phenoxy) is 2. The van der Waals surface area contributed by atoms with Crippen molar-refractivity contribution >= 4 is 22.0 Å². The number of hydrogen-bond donors (Lipinski definition) is 2. The van der Waals surface area contributed by atoms with Crippen molar-refractivity contribution in [3.63, 3.8) is 0 Å². The molecule has 0 heterocycles. The molecule has 0 aliphatic carbocycles. The van der Waals surface area contributed by atoms with E-state index in [1.807, 2.05) is 30.3 Å². The number of nitrogens with two attached hydrogens (primary N) is 1. The molecule has 3 N–H and O–H groups in total. The Morgan fingerprint density at radius 1 is 1.04 bits per heavy atom. The lowest BCUT2D eigenvalue weighted by Crippen LogP contribution is -2.33. The zero-order valence-electron chi connectivity index (χ0n) is 15.3. The van der Waals surface area contributed by atoms with Gasteiger partial charge >= 0.3 is 12.2 Å². The molecule has 0 radical (unpaired) electrons. The predicted molar refractivity (Wildman–Crippen MR) is 102 cm³/mol. The lowest BCUT2D eigenvalue weighted by atomic mass is 10.1. The molecule has 0 unspecified atom stereocenters. The first-order valence-corrected chi connectivity index (χ1v) is 10.2. The molecule has 2 aromatic rings. The Hall–Kier alpha value is -3.07. The third-order valence-corrected chi connectivity index (χ3v) is 5.67. The maximum absolute atomic E-state index is 12.1. The van der Waals surface area contributed by atoms with Crippen LogP contribution in [0.4, 0.5) is 9.59 Å². The van der Waals surface area contributed by atoms with Gasteiger partial charge in [0.05, 0.1) is 16.7 Å². The lowest BCUT2D eigenvalue weighted by Gasteiger charge is -2.19. The molecule has 2 rings (SSSR count). The predicted octanol–water partition coefficient (Wildman–Crippen LogP) is 2.54. The minimum absolute atomic E-state index is 0.0232. The number of primary amides is 1. The number of benzene rings is 2. The average molecular weight is 406 g/mol. The van der Waals surface area contributed by atoms with E-state index in [0.717, 1.165) is 5.56 Å². The van der Waals surface area contributed by atoms with Crippen molar-refractivity contribution in [2.75, 3.05) is 12.4 Å². The second-order valence-electron chi connectivity index (χ2n) is 5.86. The summed E-state index contributed by atoms with van der Waals surface area (Å²) in [6.07, 6.45) is -1.71. The van der Waals surface area contributed by atoms with Gasteiger partial charge in [0.25, 0.3) is 0 Å². The lowest BCUT2D eigenvalue weighted by molar-refractivity contribution is 0.119. The number of carbonyl (C=O) groups is 2. The molecule has 1 atom stereocenters. The second kappa shape index (κ2) is 9.75. The van der Waals surface area contributed by atoms with Crippen LogP contribution in [0.3, 0.4) is 0 Å². The van der Waals surface area contributed by atoms with E-state index >= 15 is 0 Å². The minimum Gasteiger partial charge on any atom is -0.447 e. The average Bonchev–Trinajstić information content (AvgIpc) is 2.70. The van der Waals surface area contributed by atoms with Gasteiger partial charge < -0.3 is 20.5 Å². The van der Waals surface area contributed by atoms with E-state index in [0.29, 0.717) is 5.56 Å². The Balaban J connectivity index is 2.08. The summed E-state index contributed by atoms with van der Waals surface area (Å²) in [4.78, 5) is 23.2. The Labute approximate surface area is 163 Å². The van der Waals surface area contributed by atoms with Crippen molar-refractivity contribution in [2.45, 2.75) is 24.5 Å². The molecule has 150 valence electrons. The molecule has 0 aliphatic heterocycles. The third-order valence-electron chi connectivity index (χ3n) is 3.92. The van der Waals surface area contributed by atoms with Gasteiger partial charge in [-0.1, -0.05) is 49.4 Å². The zero-order chi connectivity index (χ0) is 20.6. The molecule has 2 aromatic carbocycles. The van der Waals surface area contributed by atoms with E-state index in [1.54, 1.807) is 6.92 Å². The first-order chi connectivity index (χ1) is 13.3. The molecule has 2 amide bonds. The van der Waals surface area contributed by atoms with Gasteiger partial charge in [-0.25, -0.2) is 18.0 Å². The monoisotopic (exact) mass is 406 g/mol. The summed E-state index contributed by atoms with van der Waals surface area (Å²) in [6.45, 7) is 1.40. The van der Waals surface area contributed by atoms with Gasteiger partial charge in [0.15, 0.2) is 9.84 Å². The quantitative estimate of drug-likeness (QED) is 0.694. The molecule has 0 aliphatic rings. The van der Waals surface area contributed by atoms with E-state index in [4.69, 9.17) is 15.2 Å². The van der Waals surface area contributed by atoms with Crippen LogP contribution < -0.4 is 11.1 Å². The van der Waals surface area contributed by atoms with Crippen LogP contribution in [0.1, 0.15) is 24.1 Å². The van der Waals surface area contributed by atoms with Gasteiger partial charge in [0, 0.05) is 0 Å². The van der Waals surface area contributed by atoms with Gasteiger partial charge in [-0.15, -0.1) is 0 Å². The summed E-state index contributed by atoms with van der Waals surface area (Å²) in [5.41, 5.74) is 6.35. The molecule has 0 bridgehead atoms. The second-order valence-corrected chi connectivity index (χ2v) is 8.14. The van der Waals surface area contributed by atoms with Gasteiger partial charge in [0.1, 0.15) is 13.2 Å². The standard InChI is InChI=1S/C19H22N2O6S/c1-2-28(24,25)16-10-8-15(9-11-16)17(13-26-18(20)22)21-19(23)27-12-14-6-4-3-5-7-14/h3-11,17H,2,12-13H2,1H3,(H2,20,22)(H,21,23)/t17-/m0/s1. The summed E-state index contributed by atoms with van der Waals surface area (Å²) in [6, 6.07) is 14.3. The number of sulfone groups is 1. The van der Waals surface area contributed by atoms with Crippen LogP contribution >= 0.6 is 0 Å². The van der Waals surface area contributed by atoms with Crippen LogP contribution in [0.25, 0.3) is 0 Å². The third kappa shape index (κ3) is 6.27. The molecule has 9 heteroatoms. The topological polar surface area (TPSA) is 125 Å². The summed E-state index contributed by atoms with van der Waals surface area (Å²) in [5.74, 6) is -0.0232. The van der Waals surface area contributed by atoms with E-state index in [9.17, 15) is 18.0 Å². The van der Waals surface area contributed by atoms with Gasteiger partial charge in [-0.05, 0) is 23.3 Å². The number of rotatable bonds is 8. The highest BCUT2D eigenvalue weighted by Crippen LogP contribution is 2.18. The zero-order valence-corrected chi connectivity index (χ0v) is 16.1. The first kappa shape index (κ1) is 21.2. The Kier molecular flexibility index (Phi) is 7.39. The molecular formula is C19H22N2O6S. The fourth-order valence-corrected chi connectivity index (χ4v) is 3.25. The van der Waals surface area contributed by atoms with E-state index < -0.39 is 28.1 Å². The smallest absolute Gasteiger partial charge is 0.408 e. The summed E-state index contributed by atoms with van der Waals surface area (Å²) in [7, 11) is -3.35. The summed E-state index contributed by atoms with van der Waals surface area (Å²) in [5, 5.41) is 2.59. The van der Waals surface area contributed by atoms with Crippen LogP contribution in [0.2, 0.25) is 0 Å². The van der Waals surface area contributed by atoms with Gasteiger partial charge in [0.2, 0.25) is 0 Å². The number of amides is 2. The number of alkyl carbamates (subject to hydrolysis) is 1. The molecule has 8 nitrogen and oxygen atoms in total. The van der Waals surface area contributed by atoms with Crippen LogP contribution in [-0.2, 0) is 25.9 Å². The number of nitrogens with one attached hydrogen (secondary N) is 1. The molecule has 28 heavy (non-hydrogen) atoms. The van der Waals surface area contributed by atoms with E-state index in [2.05, 4.69) is 5.32 Å². The molecular weight excluding hydrogens is 384 g/mol. The highest BCUT2D eigenvalue weighted by molar-refractivity contribution is 7.91. The maximum atomic E-state index is 12.1. The fraction of sp³-hybridized carbons (Fsp3) is 0.263. The van der Waals surface area contributed by atoms with Crippen LogP contribution in [-0.4, -0.2) is 33.0 Å². The number of carbonyl (C=O) groups excluding carboxylic acids is 2. The van der Waals surface area contributed by atoms with Crippen molar-refractivity contribution in [2.24, 2.45) is 5.73 Å². The van der Waals surface area contributed by atoms with Crippen molar-refractivity contribution < 1.29 is 27.5 Å². The van der Waals surface area contributed by atoms with E-state index in [1.165, 1.54) is 24.3 Å². The van der Waals surface area contributed by atoms with E-state index in [-0.39, 0.29) is 23.9 Å². The van der Waals surface area contributed by atoms with Crippen LogP contribution in [0, 0.1) is 0 Å². The number of hydrogen-bond acceptors (Lipinski definition) is 6. The molecule has 0 spiro atoms. The SMILES string of the molecule is CCS(=O)(=O)c1ccc([C@H](COC(N)=O)NC(=O)OCc2ccccc2)cc1. The fourth-order valence-electron chi connectivity index (χ4n) is 2.37. The highest BCUT2D eigenvalue weighted by atomic mass is 32.2. The summed E-state index contributed by atoms with van der Waals surface area (Å²) < 4.78 is 33.8. The van der Waals surface area contributed by atoms with Crippen molar-refractivity contribution in [1.82, 2.24) is 5.32 Å². The normalized spacial score (nSPS) is 12.0. The minimum atomic E-state index is -3.35. The summed E-state index contributed by atoms with van der Waals surface area (Å²) >= 11 is 0.